The molecular formula is C20H21ClN4O3. The summed E-state index contributed by atoms with van der Waals surface area (Å²) in [5.41, 5.74) is 3.16. The third-order valence-electron chi connectivity index (χ3n) is 4.44. The smallest absolute Gasteiger partial charge is 0.319 e. The van der Waals surface area contributed by atoms with E-state index in [-0.39, 0.29) is 18.7 Å². The Kier molecular flexibility index (Phi) is 5.00. The second kappa shape index (κ2) is 7.59. The van der Waals surface area contributed by atoms with Gasteiger partial charge in [-0.05, 0) is 32.0 Å². The molecule has 0 bridgehead atoms. The molecule has 3 heterocycles. The molecule has 8 heteroatoms. The van der Waals surface area contributed by atoms with Gasteiger partial charge in [0.05, 0.1) is 29.6 Å². The first-order valence-corrected chi connectivity index (χ1v) is 9.54. The Labute approximate surface area is 167 Å². The van der Waals surface area contributed by atoms with Gasteiger partial charge in [-0.25, -0.2) is 9.78 Å². The maximum absolute atomic E-state index is 12.4. The van der Waals surface area contributed by atoms with Gasteiger partial charge in [-0.15, -0.1) is 0 Å². The summed E-state index contributed by atoms with van der Waals surface area (Å²) in [6, 6.07) is 7.01. The number of benzene rings is 1. The predicted molar refractivity (Wildman–Crippen MR) is 107 cm³/mol. The lowest BCUT2D eigenvalue weighted by Gasteiger charge is -2.14. The molecule has 1 unspecified atom stereocenters. The first-order valence-electron chi connectivity index (χ1n) is 9.16. The topological polar surface area (TPSA) is 76.9 Å². The van der Waals surface area contributed by atoms with Crippen molar-refractivity contribution < 1.29 is 14.3 Å². The Bertz CT molecular complexity index is 1030. The third kappa shape index (κ3) is 3.84. The van der Waals surface area contributed by atoms with Crippen LogP contribution in [0.1, 0.15) is 25.1 Å². The summed E-state index contributed by atoms with van der Waals surface area (Å²) in [5.74, 6) is 1.42. The average molecular weight is 401 g/mol. The van der Waals surface area contributed by atoms with E-state index in [1.165, 1.54) is 0 Å². The minimum atomic E-state index is -0.345. The van der Waals surface area contributed by atoms with E-state index in [1.807, 2.05) is 42.6 Å². The molecule has 7 nitrogen and oxygen atoms in total. The SMILES string of the molecule is CCOc1cc2c(cc1NC(=O)NCc1cn3cc(Cl)ccc3n1)OC(C)C2. The molecule has 1 atom stereocenters. The van der Waals surface area contributed by atoms with Crippen LogP contribution in [0, 0.1) is 0 Å². The van der Waals surface area contributed by atoms with Crippen LogP contribution in [0.5, 0.6) is 11.5 Å². The molecule has 0 aliphatic carbocycles. The van der Waals surface area contributed by atoms with Crippen molar-refractivity contribution in [2.24, 2.45) is 0 Å². The van der Waals surface area contributed by atoms with Crippen LogP contribution in [0.15, 0.2) is 36.7 Å². The lowest BCUT2D eigenvalue weighted by Crippen LogP contribution is -2.28. The number of anilines is 1. The van der Waals surface area contributed by atoms with Crippen LogP contribution in [0.25, 0.3) is 5.65 Å². The second-order valence-corrected chi connectivity index (χ2v) is 7.11. The van der Waals surface area contributed by atoms with E-state index in [2.05, 4.69) is 15.6 Å². The summed E-state index contributed by atoms with van der Waals surface area (Å²) < 4.78 is 13.3. The number of pyridine rings is 1. The van der Waals surface area contributed by atoms with Crippen molar-refractivity contribution >= 4 is 29.0 Å². The minimum Gasteiger partial charge on any atom is -0.492 e. The summed E-state index contributed by atoms with van der Waals surface area (Å²) in [4.78, 5) is 16.9. The molecule has 0 fully saturated rings. The molecule has 146 valence electrons. The van der Waals surface area contributed by atoms with Crippen molar-refractivity contribution in [3.63, 3.8) is 0 Å². The summed E-state index contributed by atoms with van der Waals surface area (Å²) >= 11 is 5.98. The number of carbonyl (C=O) groups is 1. The number of urea groups is 1. The first-order chi connectivity index (χ1) is 13.5. The number of halogens is 1. The van der Waals surface area contributed by atoms with E-state index >= 15 is 0 Å². The molecule has 0 spiro atoms. The first kappa shape index (κ1) is 18.4. The third-order valence-corrected chi connectivity index (χ3v) is 4.66. The van der Waals surface area contributed by atoms with Gasteiger partial charge < -0.3 is 24.5 Å². The fourth-order valence-corrected chi connectivity index (χ4v) is 3.42. The van der Waals surface area contributed by atoms with Crippen LogP contribution in [0.4, 0.5) is 10.5 Å². The Morgan fingerprint density at radius 2 is 2.25 bits per heavy atom. The van der Waals surface area contributed by atoms with Gasteiger partial charge in [-0.3, -0.25) is 0 Å². The van der Waals surface area contributed by atoms with Crippen molar-refractivity contribution in [1.82, 2.24) is 14.7 Å². The quantitative estimate of drug-likeness (QED) is 0.677. The van der Waals surface area contributed by atoms with Gasteiger partial charge in [-0.1, -0.05) is 11.6 Å². The molecule has 4 rings (SSSR count). The maximum Gasteiger partial charge on any atom is 0.319 e. The number of aromatic nitrogens is 2. The predicted octanol–water partition coefficient (Wildman–Crippen LogP) is 4.03. The van der Waals surface area contributed by atoms with Gasteiger partial charge in [0.2, 0.25) is 0 Å². The van der Waals surface area contributed by atoms with E-state index in [0.717, 1.165) is 29.1 Å². The van der Waals surface area contributed by atoms with E-state index in [0.29, 0.717) is 23.1 Å². The average Bonchev–Trinajstić information content (AvgIpc) is 3.21. The van der Waals surface area contributed by atoms with E-state index in [9.17, 15) is 4.79 Å². The molecule has 1 aromatic carbocycles. The summed E-state index contributed by atoms with van der Waals surface area (Å²) in [6.07, 6.45) is 4.56. The number of carbonyl (C=O) groups excluding carboxylic acids is 1. The molecule has 2 N–H and O–H groups in total. The number of imidazole rings is 1. The van der Waals surface area contributed by atoms with Crippen LogP contribution in [0.2, 0.25) is 5.02 Å². The van der Waals surface area contributed by atoms with Gasteiger partial charge in [0, 0.05) is 30.4 Å². The van der Waals surface area contributed by atoms with Crippen molar-refractivity contribution in [2.75, 3.05) is 11.9 Å². The van der Waals surface area contributed by atoms with Crippen LogP contribution < -0.4 is 20.1 Å². The highest BCUT2D eigenvalue weighted by Crippen LogP contribution is 2.38. The molecule has 0 saturated carbocycles. The Balaban J connectivity index is 1.45. The number of fused-ring (bicyclic) bond motifs is 2. The monoisotopic (exact) mass is 400 g/mol. The number of hydrogen-bond donors (Lipinski definition) is 2. The summed E-state index contributed by atoms with van der Waals surface area (Å²) in [5, 5.41) is 6.28. The Hall–Kier alpha value is -2.93. The van der Waals surface area contributed by atoms with Crippen molar-refractivity contribution in [3.8, 4) is 11.5 Å². The molecule has 28 heavy (non-hydrogen) atoms. The molecule has 0 radical (unpaired) electrons. The highest BCUT2D eigenvalue weighted by atomic mass is 35.5. The molecule has 1 aliphatic heterocycles. The molecular weight excluding hydrogens is 380 g/mol. The standard InChI is InChI=1S/C20H21ClN4O3/c1-3-27-18-7-13-6-12(2)28-17(13)8-16(18)24-20(26)22-9-15-11-25-10-14(21)4-5-19(25)23-15/h4-5,7-8,10-12H,3,6,9H2,1-2H3,(H2,22,24,26). The van der Waals surface area contributed by atoms with Gasteiger partial charge in [0.15, 0.2) is 0 Å². The number of amides is 2. The Morgan fingerprint density at radius 3 is 3.07 bits per heavy atom. The van der Waals surface area contributed by atoms with Gasteiger partial charge in [0.1, 0.15) is 23.3 Å². The van der Waals surface area contributed by atoms with Gasteiger partial charge >= 0.3 is 6.03 Å². The molecule has 2 amide bonds. The minimum absolute atomic E-state index is 0.122. The van der Waals surface area contributed by atoms with E-state index < -0.39 is 0 Å². The Morgan fingerprint density at radius 1 is 1.39 bits per heavy atom. The van der Waals surface area contributed by atoms with E-state index in [4.69, 9.17) is 21.1 Å². The van der Waals surface area contributed by atoms with Gasteiger partial charge in [-0.2, -0.15) is 0 Å². The van der Waals surface area contributed by atoms with E-state index in [1.54, 1.807) is 12.3 Å². The maximum atomic E-state index is 12.4. The lowest BCUT2D eigenvalue weighted by atomic mass is 10.1. The number of rotatable bonds is 5. The summed E-state index contributed by atoms with van der Waals surface area (Å²) in [6.45, 7) is 4.72. The number of nitrogens with zero attached hydrogens (tertiary/aromatic N) is 2. The fraction of sp³-hybridized carbons (Fsp3) is 0.300. The molecule has 1 aliphatic rings. The lowest BCUT2D eigenvalue weighted by molar-refractivity contribution is 0.251. The zero-order chi connectivity index (χ0) is 19.7. The number of nitrogens with one attached hydrogen (secondary N) is 2. The normalized spacial score (nSPS) is 15.2. The van der Waals surface area contributed by atoms with Gasteiger partial charge in [0.25, 0.3) is 0 Å². The summed E-state index contributed by atoms with van der Waals surface area (Å²) in [7, 11) is 0. The van der Waals surface area contributed by atoms with Crippen molar-refractivity contribution in [1.29, 1.82) is 0 Å². The second-order valence-electron chi connectivity index (χ2n) is 6.67. The number of ether oxygens (including phenoxy) is 2. The van der Waals surface area contributed by atoms with Crippen LogP contribution >= 0.6 is 11.6 Å². The van der Waals surface area contributed by atoms with Crippen molar-refractivity contribution in [2.45, 2.75) is 32.9 Å². The highest BCUT2D eigenvalue weighted by molar-refractivity contribution is 6.30. The fourth-order valence-electron chi connectivity index (χ4n) is 3.25. The largest absolute Gasteiger partial charge is 0.492 e. The zero-order valence-corrected chi connectivity index (χ0v) is 16.4. The molecule has 2 aromatic heterocycles. The molecule has 0 saturated heterocycles. The zero-order valence-electron chi connectivity index (χ0n) is 15.7. The van der Waals surface area contributed by atoms with Crippen LogP contribution in [-0.4, -0.2) is 28.1 Å². The van der Waals surface area contributed by atoms with Crippen LogP contribution in [0.3, 0.4) is 0 Å². The molecule has 3 aromatic rings. The number of hydrogen-bond acceptors (Lipinski definition) is 4. The van der Waals surface area contributed by atoms with Crippen LogP contribution in [-0.2, 0) is 13.0 Å². The highest BCUT2D eigenvalue weighted by Gasteiger charge is 2.22. The van der Waals surface area contributed by atoms with Crippen molar-refractivity contribution in [3.05, 3.63) is 52.9 Å².